The zero-order chi connectivity index (χ0) is 15.3. The lowest BCUT2D eigenvalue weighted by Crippen LogP contribution is -2.37. The van der Waals surface area contributed by atoms with Crippen LogP contribution in [0.15, 0.2) is 38.7 Å². The molecule has 3 N–H and O–H groups in total. The molecule has 1 aromatic carbocycles. The molecule has 114 valence electrons. The van der Waals surface area contributed by atoms with Crippen molar-refractivity contribution in [2.24, 2.45) is 10.7 Å². The van der Waals surface area contributed by atoms with E-state index in [0.29, 0.717) is 0 Å². The van der Waals surface area contributed by atoms with Crippen molar-refractivity contribution in [1.82, 2.24) is 10.2 Å². The molecule has 2 aliphatic rings. The zero-order valence-electron chi connectivity index (χ0n) is 12.1. The first-order valence-corrected chi connectivity index (χ1v) is 8.13. The monoisotopic (exact) mass is 360 g/mol. The number of amidine groups is 1. The molecule has 22 heavy (non-hydrogen) atoms. The highest BCUT2D eigenvalue weighted by atomic mass is 79.9. The Morgan fingerprint density at radius 1 is 1.50 bits per heavy atom. The van der Waals surface area contributed by atoms with E-state index in [1.165, 1.54) is 0 Å². The molecule has 5 nitrogen and oxygen atoms in total. The predicted molar refractivity (Wildman–Crippen MR) is 92.2 cm³/mol. The second-order valence-electron chi connectivity index (χ2n) is 5.87. The Balaban J connectivity index is 1.72. The summed E-state index contributed by atoms with van der Waals surface area (Å²) in [5.74, 6) is 1.62. The van der Waals surface area contributed by atoms with Gasteiger partial charge in [-0.25, -0.2) is 4.99 Å². The molecule has 0 radical (unpaired) electrons. The Hall–Kier alpha value is -1.63. The van der Waals surface area contributed by atoms with Crippen molar-refractivity contribution in [2.45, 2.75) is 12.5 Å². The van der Waals surface area contributed by atoms with Gasteiger partial charge in [-0.2, -0.15) is 0 Å². The van der Waals surface area contributed by atoms with Gasteiger partial charge in [-0.3, -0.25) is 4.90 Å². The van der Waals surface area contributed by atoms with Gasteiger partial charge in [-0.15, -0.1) is 0 Å². The van der Waals surface area contributed by atoms with Gasteiger partial charge in [0, 0.05) is 29.0 Å². The molecule has 2 aliphatic heterocycles. The molecule has 3 heterocycles. The maximum atomic E-state index is 5.97. The fourth-order valence-electron chi connectivity index (χ4n) is 3.06. The van der Waals surface area contributed by atoms with Gasteiger partial charge in [0.25, 0.3) is 0 Å². The molecule has 1 saturated heterocycles. The van der Waals surface area contributed by atoms with Crippen molar-refractivity contribution in [3.8, 4) is 0 Å². The summed E-state index contributed by atoms with van der Waals surface area (Å²) in [6, 6.07) is 6.21. The molecule has 0 bridgehead atoms. The Kier molecular flexibility index (Phi) is 3.32. The largest absolute Gasteiger partial charge is 0.452 e. The highest BCUT2D eigenvalue weighted by Crippen LogP contribution is 2.39. The molecule has 6 heteroatoms. The van der Waals surface area contributed by atoms with Crippen LogP contribution in [0.2, 0.25) is 0 Å². The number of hydrogen-bond acceptors (Lipinski definition) is 5. The molecular formula is C16H17BrN4O. The van der Waals surface area contributed by atoms with E-state index in [-0.39, 0.29) is 6.04 Å². The highest BCUT2D eigenvalue weighted by Gasteiger charge is 2.25. The number of fused-ring (bicyclic) bond motifs is 3. The maximum Gasteiger partial charge on any atom is 0.176 e. The lowest BCUT2D eigenvalue weighted by atomic mass is 10.2. The average Bonchev–Trinajstić information content (AvgIpc) is 3.03. The number of furan rings is 1. The minimum Gasteiger partial charge on any atom is -0.452 e. The van der Waals surface area contributed by atoms with Crippen LogP contribution in [-0.4, -0.2) is 36.4 Å². The first-order valence-electron chi connectivity index (χ1n) is 7.34. The van der Waals surface area contributed by atoms with E-state index in [1.54, 1.807) is 0 Å². The Bertz CT molecular complexity index is 795. The zero-order valence-corrected chi connectivity index (χ0v) is 13.7. The quantitative estimate of drug-likeness (QED) is 0.863. The summed E-state index contributed by atoms with van der Waals surface area (Å²) in [5.41, 5.74) is 8.41. The SMILES string of the molecule is C=C1NC(CN2CC[C@@H](N)C2)=Nc2c1oc1ccc(Br)cc21. The van der Waals surface area contributed by atoms with Crippen LogP contribution in [0.1, 0.15) is 12.2 Å². The third-order valence-electron chi connectivity index (χ3n) is 4.12. The summed E-state index contributed by atoms with van der Waals surface area (Å²) in [5, 5.41) is 4.26. The number of nitrogens with one attached hydrogen (secondary N) is 1. The average molecular weight is 361 g/mol. The topological polar surface area (TPSA) is 66.8 Å². The molecule has 2 aromatic rings. The van der Waals surface area contributed by atoms with Gasteiger partial charge < -0.3 is 15.5 Å². The summed E-state index contributed by atoms with van der Waals surface area (Å²) in [6.07, 6.45) is 1.04. The van der Waals surface area contributed by atoms with E-state index >= 15 is 0 Å². The van der Waals surface area contributed by atoms with Gasteiger partial charge in [-0.05, 0) is 24.6 Å². The lowest BCUT2D eigenvalue weighted by molar-refractivity contribution is 0.380. The van der Waals surface area contributed by atoms with Crippen molar-refractivity contribution >= 4 is 44.1 Å². The van der Waals surface area contributed by atoms with Crippen molar-refractivity contribution in [2.75, 3.05) is 19.6 Å². The third-order valence-corrected chi connectivity index (χ3v) is 4.62. The van der Waals surface area contributed by atoms with E-state index in [9.17, 15) is 0 Å². The Morgan fingerprint density at radius 2 is 2.36 bits per heavy atom. The number of likely N-dealkylation sites (tertiary alicyclic amines) is 1. The van der Waals surface area contributed by atoms with Gasteiger partial charge >= 0.3 is 0 Å². The number of halogens is 1. The van der Waals surface area contributed by atoms with Crippen molar-refractivity contribution in [3.05, 3.63) is 35.0 Å². The smallest absolute Gasteiger partial charge is 0.176 e. The van der Waals surface area contributed by atoms with Crippen LogP contribution in [0, 0.1) is 0 Å². The molecule has 1 aromatic heterocycles. The number of benzene rings is 1. The first-order chi connectivity index (χ1) is 10.6. The summed E-state index contributed by atoms with van der Waals surface area (Å²) in [7, 11) is 0. The third kappa shape index (κ3) is 2.37. The van der Waals surface area contributed by atoms with Gasteiger partial charge in [0.1, 0.15) is 17.1 Å². The molecule has 1 atom stereocenters. The number of aliphatic imine (C=N–C) groups is 1. The van der Waals surface area contributed by atoms with Gasteiger partial charge in [0.15, 0.2) is 5.76 Å². The fraction of sp³-hybridized carbons (Fsp3) is 0.312. The summed E-state index contributed by atoms with van der Waals surface area (Å²) in [4.78, 5) is 7.07. The number of rotatable bonds is 2. The summed E-state index contributed by atoms with van der Waals surface area (Å²) >= 11 is 3.50. The van der Waals surface area contributed by atoms with Gasteiger partial charge in [0.2, 0.25) is 0 Å². The van der Waals surface area contributed by atoms with Crippen molar-refractivity contribution in [1.29, 1.82) is 0 Å². The first kappa shape index (κ1) is 14.0. The molecule has 1 fully saturated rings. The van der Waals surface area contributed by atoms with Crippen LogP contribution in [0.25, 0.3) is 16.7 Å². The van der Waals surface area contributed by atoms with Crippen molar-refractivity contribution < 1.29 is 4.42 Å². The maximum absolute atomic E-state index is 5.97. The van der Waals surface area contributed by atoms with Crippen LogP contribution in [0.5, 0.6) is 0 Å². The second-order valence-corrected chi connectivity index (χ2v) is 6.78. The lowest BCUT2D eigenvalue weighted by Gasteiger charge is -2.21. The molecular weight excluding hydrogens is 344 g/mol. The molecule has 0 spiro atoms. The van der Waals surface area contributed by atoms with Crippen LogP contribution >= 0.6 is 15.9 Å². The minimum atomic E-state index is 0.272. The van der Waals surface area contributed by atoms with Crippen LogP contribution in [0.3, 0.4) is 0 Å². The number of nitrogens with two attached hydrogens (primary N) is 1. The van der Waals surface area contributed by atoms with E-state index in [0.717, 1.165) is 64.5 Å². The van der Waals surface area contributed by atoms with Crippen LogP contribution in [-0.2, 0) is 0 Å². The van der Waals surface area contributed by atoms with E-state index in [2.05, 4.69) is 32.7 Å². The number of hydrogen-bond donors (Lipinski definition) is 2. The predicted octanol–water partition coefficient (Wildman–Crippen LogP) is 2.83. The summed E-state index contributed by atoms with van der Waals surface area (Å²) in [6.45, 7) is 6.76. The van der Waals surface area contributed by atoms with E-state index in [4.69, 9.17) is 15.1 Å². The van der Waals surface area contributed by atoms with Crippen molar-refractivity contribution in [3.63, 3.8) is 0 Å². The normalized spacial score (nSPS) is 21.8. The highest BCUT2D eigenvalue weighted by molar-refractivity contribution is 9.10. The Morgan fingerprint density at radius 3 is 3.14 bits per heavy atom. The molecule has 4 rings (SSSR count). The molecule has 0 saturated carbocycles. The molecule has 0 aliphatic carbocycles. The van der Waals surface area contributed by atoms with Gasteiger partial charge in [-0.1, -0.05) is 22.5 Å². The van der Waals surface area contributed by atoms with Crippen LogP contribution in [0.4, 0.5) is 5.69 Å². The standard InChI is InChI=1S/C16H17BrN4O/c1-9-16-15(12-6-10(17)2-3-13(12)22-16)20-14(19-9)8-21-5-4-11(18)7-21/h2-3,6,11H,1,4-5,7-8,18H2,(H,19,20)/t11-/m1/s1. The molecule has 0 amide bonds. The fourth-order valence-corrected chi connectivity index (χ4v) is 3.42. The van der Waals surface area contributed by atoms with E-state index < -0.39 is 0 Å². The second kappa shape index (κ2) is 5.22. The Labute approximate surface area is 137 Å². The molecule has 0 unspecified atom stereocenters. The van der Waals surface area contributed by atoms with Gasteiger partial charge in [0.05, 0.1) is 12.2 Å². The summed E-state index contributed by atoms with van der Waals surface area (Å²) < 4.78 is 6.88. The minimum absolute atomic E-state index is 0.272. The number of nitrogens with zero attached hydrogens (tertiary/aromatic N) is 2. The van der Waals surface area contributed by atoms with Crippen LogP contribution < -0.4 is 11.1 Å². The van der Waals surface area contributed by atoms with E-state index in [1.807, 2.05) is 18.2 Å².